The van der Waals surface area contributed by atoms with Crippen molar-refractivity contribution in [3.63, 3.8) is 0 Å². The minimum absolute atomic E-state index is 0.0447. The van der Waals surface area contributed by atoms with Crippen molar-refractivity contribution in [2.24, 2.45) is 0 Å². The van der Waals surface area contributed by atoms with Crippen LogP contribution in [0.5, 0.6) is 0 Å². The summed E-state index contributed by atoms with van der Waals surface area (Å²) in [6.45, 7) is 0. The summed E-state index contributed by atoms with van der Waals surface area (Å²) in [5.74, 6) is 0.0447. The average molecular weight is 270 g/mol. The smallest absolute Gasteiger partial charge is 0.274 e. The van der Waals surface area contributed by atoms with E-state index in [0.29, 0.717) is 15.9 Å². The van der Waals surface area contributed by atoms with Crippen molar-refractivity contribution >= 4 is 34.2 Å². The lowest BCUT2D eigenvalue weighted by atomic mass is 10.2. The SMILES string of the molecule is O=c1[nH]c2ccccc2nc1/C=C(\O)c1cccs1. The molecule has 2 heterocycles. The number of thiophene rings is 1. The van der Waals surface area contributed by atoms with Crippen LogP contribution in [-0.2, 0) is 0 Å². The van der Waals surface area contributed by atoms with Crippen LogP contribution in [0.15, 0.2) is 46.6 Å². The summed E-state index contributed by atoms with van der Waals surface area (Å²) >= 11 is 1.40. The third-order valence-corrected chi connectivity index (χ3v) is 3.57. The fourth-order valence-corrected chi connectivity index (χ4v) is 2.41. The standard InChI is InChI=1S/C14H10N2O2S/c17-12(13-6-3-7-19-13)8-11-14(18)16-10-5-2-1-4-9(10)15-11/h1-8,17H,(H,16,18)/b12-8-. The van der Waals surface area contributed by atoms with Crippen molar-refractivity contribution in [1.29, 1.82) is 0 Å². The molecule has 0 fully saturated rings. The molecule has 3 rings (SSSR count). The van der Waals surface area contributed by atoms with Gasteiger partial charge in [-0.05, 0) is 23.6 Å². The van der Waals surface area contributed by atoms with Crippen LogP contribution in [0.3, 0.4) is 0 Å². The number of aromatic amines is 1. The molecule has 0 aliphatic carbocycles. The van der Waals surface area contributed by atoms with E-state index in [0.717, 1.165) is 0 Å². The van der Waals surface area contributed by atoms with E-state index in [2.05, 4.69) is 9.97 Å². The number of benzene rings is 1. The van der Waals surface area contributed by atoms with Gasteiger partial charge in [0.05, 0.1) is 15.9 Å². The van der Waals surface area contributed by atoms with Gasteiger partial charge in [0.25, 0.3) is 5.56 Å². The maximum Gasteiger partial charge on any atom is 0.274 e. The Kier molecular flexibility index (Phi) is 2.89. The molecule has 0 saturated heterocycles. The largest absolute Gasteiger partial charge is 0.506 e. The highest BCUT2D eigenvalue weighted by Gasteiger charge is 2.05. The number of rotatable bonds is 2. The van der Waals surface area contributed by atoms with Crippen LogP contribution in [0.25, 0.3) is 22.9 Å². The number of nitrogens with one attached hydrogen (secondary N) is 1. The molecule has 2 N–H and O–H groups in total. The number of para-hydroxylation sites is 2. The maximum atomic E-state index is 11.9. The quantitative estimate of drug-likeness (QED) is 0.703. The Hall–Kier alpha value is -2.40. The van der Waals surface area contributed by atoms with Crippen molar-refractivity contribution in [3.05, 3.63) is 62.7 Å². The Morgan fingerprint density at radius 1 is 1.26 bits per heavy atom. The monoisotopic (exact) mass is 270 g/mol. The van der Waals surface area contributed by atoms with Gasteiger partial charge in [-0.25, -0.2) is 4.98 Å². The predicted molar refractivity (Wildman–Crippen MR) is 77.2 cm³/mol. The molecule has 2 aromatic heterocycles. The molecule has 0 aliphatic heterocycles. The van der Waals surface area contributed by atoms with E-state index in [1.165, 1.54) is 17.4 Å². The van der Waals surface area contributed by atoms with Gasteiger partial charge in [-0.1, -0.05) is 18.2 Å². The molecule has 0 bridgehead atoms. The normalized spacial score (nSPS) is 11.9. The van der Waals surface area contributed by atoms with E-state index < -0.39 is 0 Å². The van der Waals surface area contributed by atoms with Crippen LogP contribution in [0, 0.1) is 0 Å². The van der Waals surface area contributed by atoms with Gasteiger partial charge in [0, 0.05) is 6.08 Å². The molecule has 94 valence electrons. The zero-order chi connectivity index (χ0) is 13.2. The van der Waals surface area contributed by atoms with Gasteiger partial charge in [0.1, 0.15) is 11.5 Å². The summed E-state index contributed by atoms with van der Waals surface area (Å²) < 4.78 is 0. The first-order valence-corrected chi connectivity index (χ1v) is 6.55. The molecule has 0 atom stereocenters. The van der Waals surface area contributed by atoms with Gasteiger partial charge in [0.15, 0.2) is 0 Å². The lowest BCUT2D eigenvalue weighted by Gasteiger charge is -1.99. The van der Waals surface area contributed by atoms with Crippen LogP contribution in [0.1, 0.15) is 10.6 Å². The summed E-state index contributed by atoms with van der Waals surface area (Å²) in [5.41, 5.74) is 1.25. The van der Waals surface area contributed by atoms with Crippen LogP contribution >= 0.6 is 11.3 Å². The van der Waals surface area contributed by atoms with Crippen molar-refractivity contribution in [2.75, 3.05) is 0 Å². The number of hydrogen-bond acceptors (Lipinski definition) is 4. The Balaban J connectivity index is 2.13. The van der Waals surface area contributed by atoms with Crippen molar-refractivity contribution in [2.45, 2.75) is 0 Å². The molecule has 1 aromatic carbocycles. The minimum Gasteiger partial charge on any atom is -0.506 e. The molecule has 0 saturated carbocycles. The number of hydrogen-bond donors (Lipinski definition) is 2. The molecular formula is C14H10N2O2S. The number of nitrogens with zero attached hydrogens (tertiary/aromatic N) is 1. The number of aliphatic hydroxyl groups is 1. The number of H-pyrrole nitrogens is 1. The molecule has 0 spiro atoms. The van der Waals surface area contributed by atoms with Crippen LogP contribution < -0.4 is 5.56 Å². The van der Waals surface area contributed by atoms with Crippen molar-refractivity contribution < 1.29 is 5.11 Å². The number of aliphatic hydroxyl groups excluding tert-OH is 1. The van der Waals surface area contributed by atoms with Gasteiger partial charge in [-0.15, -0.1) is 11.3 Å². The summed E-state index contributed by atoms with van der Waals surface area (Å²) in [6.07, 6.45) is 1.39. The zero-order valence-electron chi connectivity index (χ0n) is 9.83. The average Bonchev–Trinajstić information content (AvgIpc) is 2.93. The van der Waals surface area contributed by atoms with E-state index >= 15 is 0 Å². The first-order chi connectivity index (χ1) is 9.24. The minimum atomic E-state index is -0.318. The van der Waals surface area contributed by atoms with Crippen LogP contribution in [-0.4, -0.2) is 15.1 Å². The highest BCUT2D eigenvalue weighted by Crippen LogP contribution is 2.19. The Bertz CT molecular complexity index is 804. The van der Waals surface area contributed by atoms with Gasteiger partial charge in [-0.3, -0.25) is 4.79 Å². The first-order valence-electron chi connectivity index (χ1n) is 5.67. The Morgan fingerprint density at radius 3 is 2.89 bits per heavy atom. The summed E-state index contributed by atoms with van der Waals surface area (Å²) in [4.78, 5) is 19.6. The summed E-state index contributed by atoms with van der Waals surface area (Å²) in [6, 6.07) is 10.9. The van der Waals surface area contributed by atoms with Gasteiger partial charge < -0.3 is 10.1 Å². The summed E-state index contributed by atoms with van der Waals surface area (Å²) in [7, 11) is 0. The maximum absolute atomic E-state index is 11.9. The predicted octanol–water partition coefficient (Wildman–Crippen LogP) is 3.04. The second kappa shape index (κ2) is 4.70. The van der Waals surface area contributed by atoms with Gasteiger partial charge in [0.2, 0.25) is 0 Å². The third kappa shape index (κ3) is 2.28. The molecule has 3 aromatic rings. The summed E-state index contributed by atoms with van der Waals surface area (Å²) in [5, 5.41) is 11.8. The molecule has 0 aliphatic rings. The molecule has 4 nitrogen and oxygen atoms in total. The highest BCUT2D eigenvalue weighted by atomic mass is 32.1. The second-order valence-corrected chi connectivity index (χ2v) is 4.92. The molecule has 0 amide bonds. The topological polar surface area (TPSA) is 66.0 Å². The second-order valence-electron chi connectivity index (χ2n) is 3.98. The Morgan fingerprint density at radius 2 is 2.11 bits per heavy atom. The van der Waals surface area contributed by atoms with E-state index in [-0.39, 0.29) is 17.0 Å². The van der Waals surface area contributed by atoms with Gasteiger partial charge >= 0.3 is 0 Å². The molecule has 19 heavy (non-hydrogen) atoms. The molecule has 5 heteroatoms. The number of fused-ring (bicyclic) bond motifs is 1. The molecule has 0 radical (unpaired) electrons. The molecule has 0 unspecified atom stereocenters. The third-order valence-electron chi connectivity index (χ3n) is 2.67. The lowest BCUT2D eigenvalue weighted by Crippen LogP contribution is -2.11. The molecular weight excluding hydrogens is 260 g/mol. The fraction of sp³-hybridized carbons (Fsp3) is 0. The van der Waals surface area contributed by atoms with Crippen molar-refractivity contribution in [3.8, 4) is 0 Å². The lowest BCUT2D eigenvalue weighted by molar-refractivity contribution is 0.517. The first kappa shape index (κ1) is 11.7. The van der Waals surface area contributed by atoms with E-state index in [1.807, 2.05) is 29.6 Å². The van der Waals surface area contributed by atoms with E-state index in [9.17, 15) is 9.90 Å². The number of aromatic nitrogens is 2. The highest BCUT2D eigenvalue weighted by molar-refractivity contribution is 7.11. The van der Waals surface area contributed by atoms with Crippen molar-refractivity contribution in [1.82, 2.24) is 9.97 Å². The van der Waals surface area contributed by atoms with Crippen LogP contribution in [0.4, 0.5) is 0 Å². The zero-order valence-corrected chi connectivity index (χ0v) is 10.6. The van der Waals surface area contributed by atoms with Crippen LogP contribution in [0.2, 0.25) is 0 Å². The van der Waals surface area contributed by atoms with E-state index in [1.54, 1.807) is 12.1 Å². The Labute approximate surface area is 112 Å². The fourth-order valence-electron chi connectivity index (χ4n) is 1.77. The van der Waals surface area contributed by atoms with E-state index in [4.69, 9.17) is 0 Å². The van der Waals surface area contributed by atoms with Gasteiger partial charge in [-0.2, -0.15) is 0 Å².